The van der Waals surface area contributed by atoms with Gasteiger partial charge in [0.1, 0.15) is 4.90 Å². The molecule has 0 spiro atoms. The first-order chi connectivity index (χ1) is 9.72. The van der Waals surface area contributed by atoms with Gasteiger partial charge < -0.3 is 5.73 Å². The second kappa shape index (κ2) is 6.15. The lowest BCUT2D eigenvalue weighted by atomic mass is 9.78. The average molecular weight is 331 g/mol. The van der Waals surface area contributed by atoms with Gasteiger partial charge in [0.2, 0.25) is 10.0 Å². The van der Waals surface area contributed by atoms with Gasteiger partial charge >= 0.3 is 0 Å². The van der Waals surface area contributed by atoms with E-state index in [4.69, 9.17) is 17.3 Å². The van der Waals surface area contributed by atoms with Gasteiger partial charge in [-0.1, -0.05) is 38.3 Å². The van der Waals surface area contributed by atoms with E-state index in [0.29, 0.717) is 17.5 Å². The molecule has 0 bridgehead atoms. The lowest BCUT2D eigenvalue weighted by Gasteiger charge is -2.34. The standard InChI is InChI=1S/C15H23ClN2O2S/c1-9-5-4-6-14(11(9)3)18-21(19,20)15-8-13(17)10(2)7-12(15)16/h7-9,11,14,18H,4-6,17H2,1-3H3. The highest BCUT2D eigenvalue weighted by molar-refractivity contribution is 7.89. The maximum absolute atomic E-state index is 12.6. The van der Waals surface area contributed by atoms with Crippen molar-refractivity contribution in [3.63, 3.8) is 0 Å². The van der Waals surface area contributed by atoms with Gasteiger partial charge in [-0.15, -0.1) is 0 Å². The van der Waals surface area contributed by atoms with Crippen LogP contribution in [0.3, 0.4) is 0 Å². The maximum atomic E-state index is 12.6. The van der Waals surface area contributed by atoms with Gasteiger partial charge in [-0.25, -0.2) is 13.1 Å². The number of anilines is 1. The fourth-order valence-electron chi connectivity index (χ4n) is 2.89. The highest BCUT2D eigenvalue weighted by Crippen LogP contribution is 2.32. The van der Waals surface area contributed by atoms with Crippen molar-refractivity contribution in [3.05, 3.63) is 22.7 Å². The van der Waals surface area contributed by atoms with Crippen molar-refractivity contribution in [1.82, 2.24) is 4.72 Å². The summed E-state index contributed by atoms with van der Waals surface area (Å²) in [6.07, 6.45) is 3.06. The van der Waals surface area contributed by atoms with Crippen molar-refractivity contribution < 1.29 is 8.42 Å². The number of hydrogen-bond acceptors (Lipinski definition) is 3. The molecule has 21 heavy (non-hydrogen) atoms. The minimum Gasteiger partial charge on any atom is -0.398 e. The minimum atomic E-state index is -3.65. The van der Waals surface area contributed by atoms with Crippen molar-refractivity contribution in [3.8, 4) is 0 Å². The SMILES string of the molecule is Cc1cc(Cl)c(S(=O)(=O)NC2CCCC(C)C2C)cc1N. The van der Waals surface area contributed by atoms with E-state index in [1.807, 2.05) is 0 Å². The summed E-state index contributed by atoms with van der Waals surface area (Å²) in [5.74, 6) is 0.833. The summed E-state index contributed by atoms with van der Waals surface area (Å²) in [5, 5.41) is 0.214. The van der Waals surface area contributed by atoms with Crippen LogP contribution >= 0.6 is 11.6 Å². The number of halogens is 1. The molecular weight excluding hydrogens is 308 g/mol. The summed E-state index contributed by atoms with van der Waals surface area (Å²) in [5.41, 5.74) is 7.03. The van der Waals surface area contributed by atoms with Crippen LogP contribution in [0.4, 0.5) is 5.69 Å². The van der Waals surface area contributed by atoms with Crippen LogP contribution in [0.2, 0.25) is 5.02 Å². The van der Waals surface area contributed by atoms with Crippen LogP contribution < -0.4 is 10.5 Å². The Bertz CT molecular complexity index is 631. The predicted molar refractivity (Wildman–Crippen MR) is 86.9 cm³/mol. The highest BCUT2D eigenvalue weighted by atomic mass is 35.5. The highest BCUT2D eigenvalue weighted by Gasteiger charge is 2.31. The van der Waals surface area contributed by atoms with Crippen molar-refractivity contribution in [2.24, 2.45) is 11.8 Å². The molecule has 0 radical (unpaired) electrons. The molecule has 3 atom stereocenters. The summed E-state index contributed by atoms with van der Waals surface area (Å²) >= 11 is 6.09. The van der Waals surface area contributed by atoms with E-state index in [-0.39, 0.29) is 16.0 Å². The summed E-state index contributed by atoms with van der Waals surface area (Å²) in [6, 6.07) is 2.99. The Morgan fingerprint density at radius 2 is 1.95 bits per heavy atom. The first-order valence-electron chi connectivity index (χ1n) is 7.30. The molecule has 3 N–H and O–H groups in total. The van der Waals surface area contributed by atoms with Gasteiger partial charge in [0, 0.05) is 11.7 Å². The molecule has 0 saturated heterocycles. The van der Waals surface area contributed by atoms with Crippen molar-refractivity contribution >= 4 is 27.3 Å². The number of nitrogen functional groups attached to an aromatic ring is 1. The Labute approximate surface area is 132 Å². The number of hydrogen-bond donors (Lipinski definition) is 2. The molecule has 0 amide bonds. The number of benzene rings is 1. The zero-order valence-electron chi connectivity index (χ0n) is 12.7. The molecule has 1 aliphatic rings. The third-order valence-electron chi connectivity index (χ3n) is 4.62. The van der Waals surface area contributed by atoms with Crippen LogP contribution in [0.1, 0.15) is 38.7 Å². The molecule has 0 aromatic heterocycles. The molecule has 1 fully saturated rings. The predicted octanol–water partition coefficient (Wildman–Crippen LogP) is 3.33. The van der Waals surface area contributed by atoms with E-state index in [9.17, 15) is 8.42 Å². The Kier molecular flexibility index (Phi) is 4.85. The first kappa shape index (κ1) is 16.6. The van der Waals surface area contributed by atoms with Crippen LogP contribution in [-0.4, -0.2) is 14.5 Å². The zero-order chi connectivity index (χ0) is 15.8. The van der Waals surface area contributed by atoms with E-state index in [1.165, 1.54) is 6.07 Å². The second-order valence-corrected chi connectivity index (χ2v) is 8.22. The van der Waals surface area contributed by atoms with Crippen LogP contribution in [0, 0.1) is 18.8 Å². The van der Waals surface area contributed by atoms with E-state index >= 15 is 0 Å². The second-order valence-electron chi connectivity index (χ2n) is 6.13. The van der Waals surface area contributed by atoms with Crippen LogP contribution in [0.25, 0.3) is 0 Å². The minimum absolute atomic E-state index is 0.0441. The first-order valence-corrected chi connectivity index (χ1v) is 9.16. The molecule has 1 aromatic carbocycles. The summed E-state index contributed by atoms with van der Waals surface area (Å²) in [6.45, 7) is 6.07. The number of sulfonamides is 1. The normalized spacial score (nSPS) is 26.8. The van der Waals surface area contributed by atoms with Crippen LogP contribution in [-0.2, 0) is 10.0 Å². The fraction of sp³-hybridized carbons (Fsp3) is 0.600. The Morgan fingerprint density at radius 3 is 2.62 bits per heavy atom. The molecule has 4 nitrogen and oxygen atoms in total. The summed E-state index contributed by atoms with van der Waals surface area (Å²) < 4.78 is 28.0. The molecule has 118 valence electrons. The topological polar surface area (TPSA) is 72.2 Å². The molecule has 6 heteroatoms. The van der Waals surface area contributed by atoms with Gasteiger partial charge in [-0.2, -0.15) is 0 Å². The number of nitrogens with one attached hydrogen (secondary N) is 1. The summed E-state index contributed by atoms with van der Waals surface area (Å²) in [7, 11) is -3.65. The van der Waals surface area contributed by atoms with Gasteiger partial charge in [0.05, 0.1) is 5.02 Å². The van der Waals surface area contributed by atoms with Gasteiger partial charge in [-0.3, -0.25) is 0 Å². The smallest absolute Gasteiger partial charge is 0.242 e. The van der Waals surface area contributed by atoms with Crippen LogP contribution in [0.15, 0.2) is 17.0 Å². The Balaban J connectivity index is 2.28. The molecule has 1 aromatic rings. The van der Waals surface area contributed by atoms with E-state index in [2.05, 4.69) is 18.6 Å². The number of nitrogens with two attached hydrogens (primary N) is 1. The Hall–Kier alpha value is -0.780. The van der Waals surface area contributed by atoms with E-state index in [0.717, 1.165) is 24.8 Å². The lowest BCUT2D eigenvalue weighted by Crippen LogP contribution is -2.43. The monoisotopic (exact) mass is 330 g/mol. The number of rotatable bonds is 3. The maximum Gasteiger partial charge on any atom is 0.242 e. The average Bonchev–Trinajstić information content (AvgIpc) is 2.39. The fourth-order valence-corrected chi connectivity index (χ4v) is 4.86. The summed E-state index contributed by atoms with van der Waals surface area (Å²) in [4.78, 5) is 0.0673. The molecule has 0 aliphatic heterocycles. The van der Waals surface area contributed by atoms with Gasteiger partial charge in [0.15, 0.2) is 0 Å². The van der Waals surface area contributed by atoms with Crippen molar-refractivity contribution in [2.45, 2.75) is 51.0 Å². The van der Waals surface area contributed by atoms with Gasteiger partial charge in [0.25, 0.3) is 0 Å². The van der Waals surface area contributed by atoms with E-state index < -0.39 is 10.0 Å². The quantitative estimate of drug-likeness (QED) is 0.835. The third kappa shape index (κ3) is 3.52. The van der Waals surface area contributed by atoms with Crippen molar-refractivity contribution in [1.29, 1.82) is 0 Å². The number of aryl methyl sites for hydroxylation is 1. The Morgan fingerprint density at radius 1 is 1.29 bits per heavy atom. The van der Waals surface area contributed by atoms with Gasteiger partial charge in [-0.05, 0) is 42.9 Å². The van der Waals surface area contributed by atoms with E-state index in [1.54, 1.807) is 13.0 Å². The lowest BCUT2D eigenvalue weighted by molar-refractivity contribution is 0.227. The molecule has 0 heterocycles. The molecular formula is C15H23ClN2O2S. The third-order valence-corrected chi connectivity index (χ3v) is 6.58. The largest absolute Gasteiger partial charge is 0.398 e. The van der Waals surface area contributed by atoms with Crippen molar-refractivity contribution in [2.75, 3.05) is 5.73 Å². The molecule has 3 unspecified atom stereocenters. The zero-order valence-corrected chi connectivity index (χ0v) is 14.3. The molecule has 2 rings (SSSR count). The molecule has 1 aliphatic carbocycles. The molecule has 1 saturated carbocycles. The van der Waals surface area contributed by atoms with Crippen LogP contribution in [0.5, 0.6) is 0 Å².